The first-order valence-corrected chi connectivity index (χ1v) is 5.17. The number of amides is 1. The van der Waals surface area contributed by atoms with E-state index in [-0.39, 0.29) is 11.8 Å². The number of carbonyl (C=O) groups excluding carboxylic acids is 1. The number of hydrogen-bond acceptors (Lipinski definition) is 3. The second-order valence-electron chi connectivity index (χ2n) is 3.86. The Morgan fingerprint density at radius 1 is 1.56 bits per heavy atom. The highest BCUT2D eigenvalue weighted by atomic mass is 16.4. The predicted molar refractivity (Wildman–Crippen MR) is 54.5 cm³/mol. The van der Waals surface area contributed by atoms with Gasteiger partial charge in [-0.2, -0.15) is 0 Å². The number of nitrogens with zero attached hydrogens (tertiary/aromatic N) is 1. The van der Waals surface area contributed by atoms with E-state index in [0.717, 1.165) is 5.82 Å². The largest absolute Gasteiger partial charge is 0.481 e. The zero-order valence-electron chi connectivity index (χ0n) is 8.64. The highest BCUT2D eigenvalue weighted by Crippen LogP contribution is 2.38. The van der Waals surface area contributed by atoms with E-state index < -0.39 is 11.9 Å². The van der Waals surface area contributed by atoms with Gasteiger partial charge in [-0.25, -0.2) is 4.98 Å². The smallest absolute Gasteiger partial charge is 0.307 e. The van der Waals surface area contributed by atoms with E-state index in [4.69, 9.17) is 5.11 Å². The van der Waals surface area contributed by atoms with Crippen molar-refractivity contribution in [3.8, 4) is 0 Å². The molecule has 16 heavy (non-hydrogen) atoms. The van der Waals surface area contributed by atoms with Gasteiger partial charge in [-0.15, -0.1) is 0 Å². The molecule has 1 aromatic heterocycles. The number of carboxylic acid groups (broad SMARTS) is 1. The van der Waals surface area contributed by atoms with Gasteiger partial charge in [-0.05, 0) is 6.42 Å². The van der Waals surface area contributed by atoms with Crippen LogP contribution in [0, 0.1) is 11.8 Å². The first kappa shape index (κ1) is 10.7. The quantitative estimate of drug-likeness (QED) is 0.643. The van der Waals surface area contributed by atoms with E-state index in [0.29, 0.717) is 19.4 Å². The fourth-order valence-electron chi connectivity index (χ4n) is 1.63. The van der Waals surface area contributed by atoms with Gasteiger partial charge in [0.2, 0.25) is 5.91 Å². The van der Waals surface area contributed by atoms with Crippen LogP contribution in [0.4, 0.5) is 0 Å². The summed E-state index contributed by atoms with van der Waals surface area (Å²) in [5.74, 6) is -1.06. The Bertz CT molecular complexity index is 388. The lowest BCUT2D eigenvalue weighted by Crippen LogP contribution is -2.28. The maximum atomic E-state index is 11.4. The zero-order chi connectivity index (χ0) is 11.5. The number of imidazole rings is 1. The van der Waals surface area contributed by atoms with Crippen molar-refractivity contribution in [2.75, 3.05) is 6.54 Å². The molecule has 1 amide bonds. The third kappa shape index (κ3) is 2.39. The summed E-state index contributed by atoms with van der Waals surface area (Å²) in [5.41, 5.74) is 0. The molecule has 1 aliphatic carbocycles. The maximum Gasteiger partial charge on any atom is 0.307 e. The number of rotatable bonds is 5. The molecule has 1 aromatic rings. The van der Waals surface area contributed by atoms with Crippen LogP contribution in [0.25, 0.3) is 0 Å². The molecule has 0 aliphatic heterocycles. The molecule has 0 spiro atoms. The molecule has 1 aliphatic rings. The Balaban J connectivity index is 1.68. The lowest BCUT2D eigenvalue weighted by molar-refractivity contribution is -0.140. The molecule has 6 heteroatoms. The summed E-state index contributed by atoms with van der Waals surface area (Å²) in [5, 5.41) is 11.4. The molecule has 0 bridgehead atoms. The van der Waals surface area contributed by atoms with Crippen LogP contribution in [0.15, 0.2) is 12.4 Å². The first-order chi connectivity index (χ1) is 7.68. The molecular formula is C10H13N3O3. The lowest BCUT2D eigenvalue weighted by atomic mass is 10.3. The van der Waals surface area contributed by atoms with Gasteiger partial charge in [-0.1, -0.05) is 0 Å². The fraction of sp³-hybridized carbons (Fsp3) is 0.500. The molecule has 0 radical (unpaired) electrons. The molecule has 1 fully saturated rings. The number of aromatic nitrogens is 2. The van der Waals surface area contributed by atoms with Crippen molar-refractivity contribution >= 4 is 11.9 Å². The van der Waals surface area contributed by atoms with Crippen molar-refractivity contribution in [1.82, 2.24) is 15.3 Å². The summed E-state index contributed by atoms with van der Waals surface area (Å²) in [7, 11) is 0. The monoisotopic (exact) mass is 223 g/mol. The molecule has 2 unspecified atom stereocenters. The average molecular weight is 223 g/mol. The number of hydrogen-bond donors (Lipinski definition) is 3. The van der Waals surface area contributed by atoms with E-state index in [1.165, 1.54) is 0 Å². The van der Waals surface area contributed by atoms with Gasteiger partial charge >= 0.3 is 5.97 Å². The molecule has 2 rings (SSSR count). The normalized spacial score (nSPS) is 22.8. The van der Waals surface area contributed by atoms with Crippen molar-refractivity contribution in [2.45, 2.75) is 12.8 Å². The summed E-state index contributed by atoms with van der Waals surface area (Å²) in [6, 6.07) is 0. The van der Waals surface area contributed by atoms with Crippen LogP contribution in [0.2, 0.25) is 0 Å². The van der Waals surface area contributed by atoms with E-state index in [1.807, 2.05) is 0 Å². The fourth-order valence-corrected chi connectivity index (χ4v) is 1.63. The molecule has 1 heterocycles. The lowest BCUT2D eigenvalue weighted by Gasteiger charge is -2.02. The standard InChI is InChI=1S/C10H13N3O3/c14-9(6-5-7(6)10(15)16)13-2-1-8-11-3-4-12-8/h3-4,6-7H,1-2,5H2,(H,11,12)(H,13,14)(H,15,16). The van der Waals surface area contributed by atoms with Gasteiger partial charge in [0.05, 0.1) is 11.8 Å². The zero-order valence-corrected chi connectivity index (χ0v) is 8.64. The van der Waals surface area contributed by atoms with Crippen LogP contribution in [-0.4, -0.2) is 33.5 Å². The summed E-state index contributed by atoms with van der Waals surface area (Å²) in [6.45, 7) is 0.481. The number of nitrogens with one attached hydrogen (secondary N) is 2. The van der Waals surface area contributed by atoms with Gasteiger partial charge in [0.1, 0.15) is 5.82 Å². The van der Waals surface area contributed by atoms with E-state index >= 15 is 0 Å². The van der Waals surface area contributed by atoms with Crippen molar-refractivity contribution < 1.29 is 14.7 Å². The van der Waals surface area contributed by atoms with E-state index in [2.05, 4.69) is 15.3 Å². The Morgan fingerprint density at radius 2 is 2.38 bits per heavy atom. The van der Waals surface area contributed by atoms with E-state index in [1.54, 1.807) is 12.4 Å². The first-order valence-electron chi connectivity index (χ1n) is 5.17. The second kappa shape index (κ2) is 4.34. The van der Waals surface area contributed by atoms with Gasteiger partial charge in [-0.3, -0.25) is 9.59 Å². The Morgan fingerprint density at radius 3 is 2.94 bits per heavy atom. The number of carboxylic acids is 1. The number of H-pyrrole nitrogens is 1. The summed E-state index contributed by atoms with van der Waals surface area (Å²) >= 11 is 0. The molecule has 1 saturated carbocycles. The summed E-state index contributed by atoms with van der Waals surface area (Å²) < 4.78 is 0. The van der Waals surface area contributed by atoms with Crippen molar-refractivity contribution in [3.63, 3.8) is 0 Å². The van der Waals surface area contributed by atoms with Crippen molar-refractivity contribution in [1.29, 1.82) is 0 Å². The Kier molecular flexibility index (Phi) is 2.89. The molecule has 86 valence electrons. The van der Waals surface area contributed by atoms with Crippen LogP contribution in [0.3, 0.4) is 0 Å². The SMILES string of the molecule is O=C(O)C1CC1C(=O)NCCc1ncc[nH]1. The number of aromatic amines is 1. The van der Waals surface area contributed by atoms with Crippen molar-refractivity contribution in [3.05, 3.63) is 18.2 Å². The molecular weight excluding hydrogens is 210 g/mol. The van der Waals surface area contributed by atoms with Gasteiger partial charge in [0, 0.05) is 25.4 Å². The van der Waals surface area contributed by atoms with Crippen LogP contribution >= 0.6 is 0 Å². The third-order valence-electron chi connectivity index (χ3n) is 2.66. The topological polar surface area (TPSA) is 95.1 Å². The third-order valence-corrected chi connectivity index (χ3v) is 2.66. The Hall–Kier alpha value is -1.85. The highest BCUT2D eigenvalue weighted by Gasteiger charge is 2.48. The molecule has 6 nitrogen and oxygen atoms in total. The molecule has 3 N–H and O–H groups in total. The van der Waals surface area contributed by atoms with Gasteiger partial charge in [0.25, 0.3) is 0 Å². The molecule has 2 atom stereocenters. The second-order valence-corrected chi connectivity index (χ2v) is 3.86. The number of carbonyl (C=O) groups is 2. The van der Waals surface area contributed by atoms with Crippen LogP contribution < -0.4 is 5.32 Å². The van der Waals surface area contributed by atoms with Crippen molar-refractivity contribution in [2.24, 2.45) is 11.8 Å². The van der Waals surface area contributed by atoms with Crippen LogP contribution in [0.5, 0.6) is 0 Å². The highest BCUT2D eigenvalue weighted by molar-refractivity contribution is 5.89. The maximum absolute atomic E-state index is 11.4. The Labute approximate surface area is 92.1 Å². The minimum Gasteiger partial charge on any atom is -0.481 e. The summed E-state index contributed by atoms with van der Waals surface area (Å²) in [4.78, 5) is 28.9. The average Bonchev–Trinajstić information content (AvgIpc) is 2.90. The van der Waals surface area contributed by atoms with Crippen LogP contribution in [0.1, 0.15) is 12.2 Å². The number of aliphatic carboxylic acids is 1. The predicted octanol–water partition coefficient (Wildman–Crippen LogP) is -0.211. The van der Waals surface area contributed by atoms with E-state index in [9.17, 15) is 9.59 Å². The minimum atomic E-state index is -0.883. The molecule has 0 saturated heterocycles. The molecule has 0 aromatic carbocycles. The van der Waals surface area contributed by atoms with Crippen LogP contribution in [-0.2, 0) is 16.0 Å². The minimum absolute atomic E-state index is 0.168. The van der Waals surface area contributed by atoms with Gasteiger partial charge in [0.15, 0.2) is 0 Å². The summed E-state index contributed by atoms with van der Waals surface area (Å²) in [6.07, 6.45) is 4.46. The van der Waals surface area contributed by atoms with Gasteiger partial charge < -0.3 is 15.4 Å².